The van der Waals surface area contributed by atoms with Crippen LogP contribution in [0.4, 0.5) is 0 Å². The lowest BCUT2D eigenvalue weighted by Gasteiger charge is -2.49. The topological polar surface area (TPSA) is 197 Å². The standard InChI is InChI=1S/C38H70N2O13/c1-14-27-38(10,47)31(44)25(7)39(11)17-20(2)16-36(8,46)32(53-35-28(42)26(40(12)19-41)15-21(3)50-35)22(4)29(23(5)33(45)51-27)52-34-24(6)30(43)37(9,48-13)18-49-34/h19-32,34-35,42-44,46-47H,14-18H2,1-13H3/t20?,21-,22+,23-,24+,25-,26-,27-,28-,29+,30+,31?,32-,34?,35+,36-,37-,38-/m1/s1. The summed E-state index contributed by atoms with van der Waals surface area (Å²) in [4.78, 5) is 29.2. The van der Waals surface area contributed by atoms with Crippen LogP contribution in [0.5, 0.6) is 0 Å². The molecule has 3 unspecified atom stereocenters. The van der Waals surface area contributed by atoms with Gasteiger partial charge in [-0.05, 0) is 73.8 Å². The maximum absolute atomic E-state index is 14.2. The number of amides is 1. The fourth-order valence-corrected chi connectivity index (χ4v) is 8.62. The van der Waals surface area contributed by atoms with Gasteiger partial charge in [0.05, 0.1) is 48.6 Å². The molecule has 0 radical (unpaired) electrons. The molecule has 3 fully saturated rings. The van der Waals surface area contributed by atoms with E-state index in [1.54, 1.807) is 55.5 Å². The van der Waals surface area contributed by atoms with E-state index in [4.69, 9.17) is 28.4 Å². The fourth-order valence-electron chi connectivity index (χ4n) is 8.62. The molecule has 310 valence electrons. The van der Waals surface area contributed by atoms with E-state index in [0.717, 1.165) is 0 Å². The molecule has 5 N–H and O–H groups in total. The van der Waals surface area contributed by atoms with E-state index in [0.29, 0.717) is 19.4 Å². The maximum atomic E-state index is 14.2. The molecule has 0 aromatic heterocycles. The predicted octanol–water partition coefficient (Wildman–Crippen LogP) is 1.28. The Morgan fingerprint density at radius 2 is 1.60 bits per heavy atom. The van der Waals surface area contributed by atoms with Crippen molar-refractivity contribution in [2.45, 2.75) is 173 Å². The van der Waals surface area contributed by atoms with Crippen LogP contribution in [-0.2, 0) is 38.0 Å². The number of hydrogen-bond acceptors (Lipinski definition) is 14. The Bertz CT molecular complexity index is 1190. The number of carbonyl (C=O) groups is 2. The first-order valence-corrected chi connectivity index (χ1v) is 19.2. The van der Waals surface area contributed by atoms with Crippen LogP contribution < -0.4 is 0 Å². The van der Waals surface area contributed by atoms with Crippen molar-refractivity contribution >= 4 is 12.4 Å². The van der Waals surface area contributed by atoms with Crippen LogP contribution in [0.3, 0.4) is 0 Å². The highest BCUT2D eigenvalue weighted by atomic mass is 16.7. The first kappa shape index (κ1) is 45.9. The summed E-state index contributed by atoms with van der Waals surface area (Å²) in [5.41, 5.74) is -4.47. The first-order valence-electron chi connectivity index (χ1n) is 19.2. The van der Waals surface area contributed by atoms with Gasteiger partial charge in [0.1, 0.15) is 29.5 Å². The molecule has 3 rings (SSSR count). The number of ether oxygens (including phenoxy) is 6. The lowest BCUT2D eigenvalue weighted by Crippen LogP contribution is -2.61. The molecule has 0 saturated carbocycles. The van der Waals surface area contributed by atoms with Crippen molar-refractivity contribution in [3.63, 3.8) is 0 Å². The molecule has 3 saturated heterocycles. The van der Waals surface area contributed by atoms with Gasteiger partial charge in [-0.25, -0.2) is 0 Å². The van der Waals surface area contributed by atoms with Gasteiger partial charge in [0, 0.05) is 38.6 Å². The van der Waals surface area contributed by atoms with Gasteiger partial charge in [-0.1, -0.05) is 27.7 Å². The number of cyclic esters (lactones) is 1. The second-order valence-electron chi connectivity index (χ2n) is 17.0. The summed E-state index contributed by atoms with van der Waals surface area (Å²) >= 11 is 0. The Labute approximate surface area is 316 Å². The lowest BCUT2D eigenvalue weighted by atomic mass is 9.77. The molecule has 0 bridgehead atoms. The fraction of sp³-hybridized carbons (Fsp3) is 0.947. The third-order valence-electron chi connectivity index (χ3n) is 12.3. The Morgan fingerprint density at radius 1 is 0.981 bits per heavy atom. The Kier molecular flexibility index (Phi) is 15.7. The van der Waals surface area contributed by atoms with Crippen molar-refractivity contribution in [3.8, 4) is 0 Å². The Morgan fingerprint density at radius 3 is 2.17 bits per heavy atom. The summed E-state index contributed by atoms with van der Waals surface area (Å²) in [6.45, 7) is 17.6. The van der Waals surface area contributed by atoms with E-state index in [1.165, 1.54) is 18.9 Å². The van der Waals surface area contributed by atoms with Crippen molar-refractivity contribution in [3.05, 3.63) is 0 Å². The van der Waals surface area contributed by atoms with E-state index in [2.05, 4.69) is 0 Å². The average molecular weight is 763 g/mol. The number of hydrogen-bond donors (Lipinski definition) is 5. The second kappa shape index (κ2) is 18.2. The van der Waals surface area contributed by atoms with Gasteiger partial charge in [0.2, 0.25) is 6.41 Å². The van der Waals surface area contributed by atoms with Gasteiger partial charge >= 0.3 is 5.97 Å². The molecule has 3 aliphatic heterocycles. The highest BCUT2D eigenvalue weighted by molar-refractivity contribution is 5.73. The van der Waals surface area contributed by atoms with Crippen LogP contribution in [0.25, 0.3) is 0 Å². The molecule has 53 heavy (non-hydrogen) atoms. The average Bonchev–Trinajstić information content (AvgIpc) is 3.10. The highest BCUT2D eigenvalue weighted by Gasteiger charge is 2.53. The van der Waals surface area contributed by atoms with Gasteiger partial charge < -0.3 is 63.8 Å². The minimum absolute atomic E-state index is 0.00917. The molecule has 15 heteroatoms. The minimum atomic E-state index is -1.83. The molecular formula is C38H70N2O13. The summed E-state index contributed by atoms with van der Waals surface area (Å²) in [5.74, 6) is -3.44. The van der Waals surface area contributed by atoms with Crippen LogP contribution in [0, 0.1) is 23.7 Å². The predicted molar refractivity (Wildman–Crippen MR) is 194 cm³/mol. The van der Waals surface area contributed by atoms with Crippen molar-refractivity contribution in [2.24, 2.45) is 23.7 Å². The number of aliphatic hydroxyl groups excluding tert-OH is 3. The Hall–Kier alpha value is -1.50. The second-order valence-corrected chi connectivity index (χ2v) is 17.0. The smallest absolute Gasteiger partial charge is 0.311 e. The molecule has 3 aliphatic rings. The van der Waals surface area contributed by atoms with E-state index in [1.807, 2.05) is 25.8 Å². The normalized spacial score (nSPS) is 48.6. The van der Waals surface area contributed by atoms with Crippen LogP contribution in [0.15, 0.2) is 0 Å². The highest BCUT2D eigenvalue weighted by Crippen LogP contribution is 2.40. The third-order valence-corrected chi connectivity index (χ3v) is 12.3. The van der Waals surface area contributed by atoms with Crippen molar-refractivity contribution in [2.75, 3.05) is 34.4 Å². The number of nitrogens with zero attached hydrogens (tertiary/aromatic N) is 2. The largest absolute Gasteiger partial charge is 0.459 e. The van der Waals surface area contributed by atoms with E-state index < -0.39 is 108 Å². The molecule has 1 amide bonds. The van der Waals surface area contributed by atoms with Gasteiger partial charge in [-0.3, -0.25) is 9.59 Å². The summed E-state index contributed by atoms with van der Waals surface area (Å²) < 4.78 is 37.1. The zero-order valence-corrected chi connectivity index (χ0v) is 34.2. The molecule has 0 spiro atoms. The van der Waals surface area contributed by atoms with Crippen molar-refractivity contribution < 1.29 is 63.5 Å². The van der Waals surface area contributed by atoms with Crippen LogP contribution in [0.1, 0.15) is 88.5 Å². The molecule has 18 atom stereocenters. The minimum Gasteiger partial charge on any atom is -0.459 e. The summed E-state index contributed by atoms with van der Waals surface area (Å²) in [7, 11) is 4.87. The van der Waals surface area contributed by atoms with Gasteiger partial charge in [-0.15, -0.1) is 0 Å². The monoisotopic (exact) mass is 762 g/mol. The molecule has 15 nitrogen and oxygen atoms in total. The zero-order chi connectivity index (χ0) is 40.4. The summed E-state index contributed by atoms with van der Waals surface area (Å²) in [5, 5.41) is 58.4. The molecular weight excluding hydrogens is 692 g/mol. The molecule has 0 aliphatic carbocycles. The summed E-state index contributed by atoms with van der Waals surface area (Å²) in [6.07, 6.45) is -8.24. The molecule has 3 heterocycles. The Balaban J connectivity index is 2.17. The van der Waals surface area contributed by atoms with Crippen LogP contribution in [0.2, 0.25) is 0 Å². The van der Waals surface area contributed by atoms with Crippen molar-refractivity contribution in [1.82, 2.24) is 9.80 Å². The van der Waals surface area contributed by atoms with Gasteiger partial charge in [0.25, 0.3) is 0 Å². The quantitative estimate of drug-likeness (QED) is 0.175. The van der Waals surface area contributed by atoms with Crippen LogP contribution in [-0.4, -0.2) is 166 Å². The van der Waals surface area contributed by atoms with Gasteiger partial charge in [-0.2, -0.15) is 0 Å². The first-order chi connectivity index (χ1) is 24.5. The van der Waals surface area contributed by atoms with Crippen LogP contribution >= 0.6 is 0 Å². The number of esters is 1. The number of rotatable bonds is 8. The van der Waals surface area contributed by atoms with E-state index in [9.17, 15) is 35.1 Å². The van der Waals surface area contributed by atoms with E-state index in [-0.39, 0.29) is 25.4 Å². The summed E-state index contributed by atoms with van der Waals surface area (Å²) in [6, 6.07) is -1.19. The molecule has 0 aromatic carbocycles. The van der Waals surface area contributed by atoms with Crippen molar-refractivity contribution in [1.29, 1.82) is 0 Å². The van der Waals surface area contributed by atoms with E-state index >= 15 is 0 Å². The SMILES string of the molecule is CC[C@H]1OC(=O)[C@H](C)[C@@H](OC2OC[C@@](C)(OC)[C@@H](O)[C@@H]2C)[C@H](C)[C@@H](O[C@@H]2O[C@H](C)C[C@@H](N(C)C=O)[C@H]2O)[C@](C)(O)CC(C)CN(C)[C@H](C)C(O)[C@]1(C)O. The number of aliphatic hydroxyl groups is 5. The number of likely N-dealkylation sites (N-methyl/N-ethyl adjacent to an activating group) is 2. The number of carbonyl (C=O) groups excluding carboxylic acids is 2. The zero-order valence-electron chi connectivity index (χ0n) is 34.2. The third kappa shape index (κ3) is 10.1. The lowest BCUT2D eigenvalue weighted by molar-refractivity contribution is -0.319. The molecule has 0 aromatic rings. The van der Waals surface area contributed by atoms with Gasteiger partial charge in [0.15, 0.2) is 12.6 Å². The number of methoxy groups -OCH3 is 1. The maximum Gasteiger partial charge on any atom is 0.311 e.